The third-order valence-corrected chi connectivity index (χ3v) is 8.32. The van der Waals surface area contributed by atoms with Crippen LogP contribution >= 0.6 is 23.4 Å². The predicted octanol–water partition coefficient (Wildman–Crippen LogP) is 7.22. The monoisotopic (exact) mass is 548 g/mol. The van der Waals surface area contributed by atoms with Crippen LogP contribution in [0, 0.1) is 6.92 Å². The molecule has 1 aliphatic rings. The molecule has 1 aliphatic carbocycles. The molecule has 1 N–H and O–H groups in total. The van der Waals surface area contributed by atoms with E-state index in [0.29, 0.717) is 30.2 Å². The van der Waals surface area contributed by atoms with Gasteiger partial charge in [-0.3, -0.25) is 9.59 Å². The second-order valence-corrected chi connectivity index (χ2v) is 11.7. The fraction of sp³-hybridized carbons (Fsp3) is 0.375. The summed E-state index contributed by atoms with van der Waals surface area (Å²) in [5.41, 5.74) is 3.17. The van der Waals surface area contributed by atoms with Crippen LogP contribution < -0.4 is 5.32 Å². The zero-order valence-electron chi connectivity index (χ0n) is 22.1. The number of hydrogen-bond donors (Lipinski definition) is 1. The molecule has 0 aliphatic heterocycles. The first-order valence-corrected chi connectivity index (χ1v) is 14.9. The van der Waals surface area contributed by atoms with Crippen molar-refractivity contribution in [2.75, 3.05) is 5.75 Å². The highest BCUT2D eigenvalue weighted by atomic mass is 35.5. The lowest BCUT2D eigenvalue weighted by Gasteiger charge is -2.33. The minimum Gasteiger partial charge on any atom is -0.352 e. The van der Waals surface area contributed by atoms with E-state index in [1.165, 1.54) is 12.0 Å². The average Bonchev–Trinajstić information content (AvgIpc) is 2.93. The second kappa shape index (κ2) is 14.4. The van der Waals surface area contributed by atoms with Crippen molar-refractivity contribution in [1.29, 1.82) is 0 Å². The number of benzene rings is 3. The molecule has 3 aromatic rings. The van der Waals surface area contributed by atoms with E-state index in [9.17, 15) is 9.59 Å². The van der Waals surface area contributed by atoms with Crippen LogP contribution in [-0.2, 0) is 22.6 Å². The number of nitrogens with zero attached hydrogens (tertiary/aromatic N) is 1. The van der Waals surface area contributed by atoms with Crippen molar-refractivity contribution in [2.24, 2.45) is 0 Å². The standard InChI is InChI=1S/C32H37ClN2O2S/c1-24-15-17-29(18-16-24)38-20-19-31(36)35(23-26-11-8-12-27(33)21-26)30(22-25-9-4-2-5-10-25)32(37)34-28-13-6-3-7-14-28/h2,4-5,8-12,15-18,21,28,30H,3,6-7,13-14,19-20,22-23H2,1H3,(H,34,37)/t30-/m0/s1. The first kappa shape index (κ1) is 28.3. The summed E-state index contributed by atoms with van der Waals surface area (Å²) >= 11 is 7.95. The number of amides is 2. The topological polar surface area (TPSA) is 49.4 Å². The molecule has 0 aromatic heterocycles. The third kappa shape index (κ3) is 8.64. The van der Waals surface area contributed by atoms with Gasteiger partial charge in [0.1, 0.15) is 6.04 Å². The van der Waals surface area contributed by atoms with Gasteiger partial charge in [-0.1, -0.05) is 91.0 Å². The highest BCUT2D eigenvalue weighted by Crippen LogP contribution is 2.23. The Morgan fingerprint density at radius 3 is 2.37 bits per heavy atom. The number of carbonyl (C=O) groups is 2. The molecule has 0 heterocycles. The molecule has 0 unspecified atom stereocenters. The summed E-state index contributed by atoms with van der Waals surface area (Å²) in [7, 11) is 0. The van der Waals surface area contributed by atoms with Crippen molar-refractivity contribution in [1.82, 2.24) is 10.2 Å². The van der Waals surface area contributed by atoms with Gasteiger partial charge in [0.2, 0.25) is 11.8 Å². The molecule has 1 fully saturated rings. The minimum atomic E-state index is -0.602. The Hall–Kier alpha value is -2.76. The van der Waals surface area contributed by atoms with Crippen LogP contribution in [0.25, 0.3) is 0 Å². The summed E-state index contributed by atoms with van der Waals surface area (Å²) < 4.78 is 0. The molecule has 200 valence electrons. The lowest BCUT2D eigenvalue weighted by molar-refractivity contribution is -0.141. The van der Waals surface area contributed by atoms with E-state index in [1.807, 2.05) is 54.6 Å². The van der Waals surface area contributed by atoms with Crippen molar-refractivity contribution in [2.45, 2.75) is 75.4 Å². The molecule has 3 aromatic carbocycles. The zero-order valence-corrected chi connectivity index (χ0v) is 23.6. The Kier molecular flexibility index (Phi) is 10.7. The van der Waals surface area contributed by atoms with Gasteiger partial charge in [-0.25, -0.2) is 0 Å². The van der Waals surface area contributed by atoms with E-state index in [0.717, 1.165) is 41.7 Å². The van der Waals surface area contributed by atoms with E-state index in [1.54, 1.807) is 16.7 Å². The van der Waals surface area contributed by atoms with E-state index in [4.69, 9.17) is 11.6 Å². The lowest BCUT2D eigenvalue weighted by atomic mass is 9.94. The summed E-state index contributed by atoms with van der Waals surface area (Å²) in [5.74, 6) is 0.558. The van der Waals surface area contributed by atoms with Crippen LogP contribution in [0.2, 0.25) is 5.02 Å². The van der Waals surface area contributed by atoms with E-state index >= 15 is 0 Å². The Labute approximate surface area is 236 Å². The molecule has 38 heavy (non-hydrogen) atoms. The van der Waals surface area contributed by atoms with Gasteiger partial charge in [0.15, 0.2) is 0 Å². The number of rotatable bonds is 11. The number of aryl methyl sites for hydroxylation is 1. The molecule has 4 nitrogen and oxygen atoms in total. The quantitative estimate of drug-likeness (QED) is 0.257. The van der Waals surface area contributed by atoms with Gasteiger partial charge in [0, 0.05) is 41.1 Å². The highest BCUT2D eigenvalue weighted by Gasteiger charge is 2.31. The van der Waals surface area contributed by atoms with Gasteiger partial charge < -0.3 is 10.2 Å². The summed E-state index contributed by atoms with van der Waals surface area (Å²) in [6, 6.07) is 25.5. The van der Waals surface area contributed by atoms with Crippen molar-refractivity contribution in [3.8, 4) is 0 Å². The number of halogens is 1. The Balaban J connectivity index is 1.56. The predicted molar refractivity (Wildman–Crippen MR) is 157 cm³/mol. The van der Waals surface area contributed by atoms with Gasteiger partial charge in [-0.2, -0.15) is 0 Å². The molecular formula is C32H37ClN2O2S. The third-order valence-electron chi connectivity index (χ3n) is 7.07. The minimum absolute atomic E-state index is 0.0238. The van der Waals surface area contributed by atoms with Crippen LogP contribution in [0.4, 0.5) is 0 Å². The molecule has 6 heteroatoms. The van der Waals surface area contributed by atoms with Crippen molar-refractivity contribution in [3.63, 3.8) is 0 Å². The maximum Gasteiger partial charge on any atom is 0.243 e. The Morgan fingerprint density at radius 2 is 1.66 bits per heavy atom. The van der Waals surface area contributed by atoms with E-state index in [2.05, 4.69) is 36.5 Å². The van der Waals surface area contributed by atoms with E-state index in [-0.39, 0.29) is 17.9 Å². The number of carbonyl (C=O) groups excluding carboxylic acids is 2. The van der Waals surface area contributed by atoms with Gasteiger partial charge in [-0.05, 0) is 55.2 Å². The molecule has 4 rings (SSSR count). The number of hydrogen-bond acceptors (Lipinski definition) is 3. The average molecular weight is 549 g/mol. The number of nitrogens with one attached hydrogen (secondary N) is 1. The van der Waals surface area contributed by atoms with Crippen LogP contribution in [0.3, 0.4) is 0 Å². The second-order valence-electron chi connectivity index (χ2n) is 10.1. The first-order valence-electron chi connectivity index (χ1n) is 13.6. The summed E-state index contributed by atoms with van der Waals surface area (Å²) in [4.78, 5) is 30.5. The summed E-state index contributed by atoms with van der Waals surface area (Å²) in [6.07, 6.45) is 6.31. The largest absolute Gasteiger partial charge is 0.352 e. The molecule has 0 bridgehead atoms. The molecule has 0 radical (unpaired) electrons. The van der Waals surface area contributed by atoms with Crippen LogP contribution in [0.5, 0.6) is 0 Å². The highest BCUT2D eigenvalue weighted by molar-refractivity contribution is 7.99. The molecule has 2 amide bonds. The molecule has 1 atom stereocenters. The molecular weight excluding hydrogens is 512 g/mol. The Bertz CT molecular complexity index is 1180. The van der Waals surface area contributed by atoms with Gasteiger partial charge in [0.25, 0.3) is 0 Å². The maximum absolute atomic E-state index is 13.8. The van der Waals surface area contributed by atoms with Crippen molar-refractivity contribution < 1.29 is 9.59 Å². The lowest BCUT2D eigenvalue weighted by Crippen LogP contribution is -2.52. The van der Waals surface area contributed by atoms with Crippen LogP contribution in [0.15, 0.2) is 83.8 Å². The smallest absolute Gasteiger partial charge is 0.243 e. The van der Waals surface area contributed by atoms with Gasteiger partial charge in [0.05, 0.1) is 0 Å². The molecule has 0 spiro atoms. The number of thioether (sulfide) groups is 1. The van der Waals surface area contributed by atoms with Crippen molar-refractivity contribution in [3.05, 3.63) is 101 Å². The van der Waals surface area contributed by atoms with E-state index < -0.39 is 6.04 Å². The van der Waals surface area contributed by atoms with Gasteiger partial charge in [-0.15, -0.1) is 11.8 Å². The fourth-order valence-electron chi connectivity index (χ4n) is 4.96. The normalized spacial score (nSPS) is 14.6. The van der Waals surface area contributed by atoms with Crippen LogP contribution in [0.1, 0.15) is 55.2 Å². The zero-order chi connectivity index (χ0) is 26.7. The SMILES string of the molecule is Cc1ccc(SCCC(=O)N(Cc2cccc(Cl)c2)[C@@H](Cc2ccccc2)C(=O)NC2CCCCC2)cc1. The van der Waals surface area contributed by atoms with Crippen LogP contribution in [-0.4, -0.2) is 34.6 Å². The van der Waals surface area contributed by atoms with Crippen molar-refractivity contribution >= 4 is 35.2 Å². The van der Waals surface area contributed by atoms with Gasteiger partial charge >= 0.3 is 0 Å². The fourth-order valence-corrected chi connectivity index (χ4v) is 6.02. The molecule has 0 saturated heterocycles. The first-order chi connectivity index (χ1) is 18.5. The summed E-state index contributed by atoms with van der Waals surface area (Å²) in [6.45, 7) is 2.40. The maximum atomic E-state index is 13.8. The Morgan fingerprint density at radius 1 is 0.947 bits per heavy atom. The summed E-state index contributed by atoms with van der Waals surface area (Å²) in [5, 5.41) is 3.92. The molecule has 1 saturated carbocycles.